The Morgan fingerprint density at radius 1 is 0.547 bits per heavy atom. The van der Waals surface area contributed by atoms with Gasteiger partial charge in [-0.3, -0.25) is 0 Å². The summed E-state index contributed by atoms with van der Waals surface area (Å²) in [7, 11) is 0. The maximum absolute atomic E-state index is 13.2. The summed E-state index contributed by atoms with van der Waals surface area (Å²) in [5.74, 6) is 1.47. The number of fused-ring (bicyclic) bond motifs is 3. The molecule has 0 saturated carbocycles. The van der Waals surface area contributed by atoms with Gasteiger partial charge in [0.15, 0.2) is 0 Å². The average Bonchev–Trinajstić information content (AvgIpc) is 4.10. The van der Waals surface area contributed by atoms with Gasteiger partial charge in [-0.25, -0.2) is 24.5 Å². The first kappa shape index (κ1) is 43.8. The number of thioether (sulfide) groups is 3. The highest BCUT2D eigenvalue weighted by molar-refractivity contribution is 8.01. The number of amides is 1. The number of esters is 1. The maximum atomic E-state index is 13.2. The van der Waals surface area contributed by atoms with Crippen molar-refractivity contribution in [2.45, 2.75) is 14.7 Å². The molecule has 0 unspecified atom stereocenters. The van der Waals surface area contributed by atoms with E-state index in [9.17, 15) is 9.59 Å². The lowest BCUT2D eigenvalue weighted by Gasteiger charge is -2.33. The van der Waals surface area contributed by atoms with Crippen molar-refractivity contribution >= 4 is 112 Å². The molecular weight excluding hydrogens is 913 g/mol. The highest BCUT2D eigenvalue weighted by atomic mass is 32.2. The third-order valence-electron chi connectivity index (χ3n) is 10.1. The second-order valence-electron chi connectivity index (χ2n) is 14.8. The molecule has 0 aliphatic rings. The van der Waals surface area contributed by atoms with E-state index in [0.717, 1.165) is 83.1 Å². The number of hydrogen-bond donors (Lipinski definition) is 1. The Morgan fingerprint density at radius 2 is 0.922 bits per heavy atom. The van der Waals surface area contributed by atoms with Crippen LogP contribution < -0.4 is 5.32 Å². The number of carbonyl (C=O) groups excluding carboxylic acids is 2. The zero-order valence-electron chi connectivity index (χ0n) is 34.3. The molecule has 1 N–H and O–H groups in total. The summed E-state index contributed by atoms with van der Waals surface area (Å²) >= 11 is 10.3. The zero-order chi connectivity index (χ0) is 43.7. The average molecular weight is 953 g/mol. The Bertz CT molecular complexity index is 2650. The Kier molecular flexibility index (Phi) is 14.1. The zero-order valence-corrected chi connectivity index (χ0v) is 39.2. The van der Waals surface area contributed by atoms with Gasteiger partial charge < -0.3 is 14.8 Å². The van der Waals surface area contributed by atoms with Crippen LogP contribution in [0.1, 0.15) is 0 Å². The normalized spacial score (nSPS) is 11.6. The molecule has 0 saturated heterocycles. The van der Waals surface area contributed by atoms with Crippen LogP contribution in [0, 0.1) is 5.41 Å². The quantitative estimate of drug-likeness (QED) is 0.0387. The van der Waals surface area contributed by atoms with Gasteiger partial charge in [-0.1, -0.05) is 79.4 Å². The number of rotatable bonds is 18. The fraction of sp³-hybridized carbons (Fsp3) is 0.140. The van der Waals surface area contributed by atoms with Gasteiger partial charge in [0.2, 0.25) is 0 Å². The molecule has 320 valence electrons. The number of para-hydroxylation sites is 3. The molecule has 0 radical (unpaired) electrons. The van der Waals surface area contributed by atoms with Crippen LogP contribution in [0.25, 0.3) is 62.4 Å². The highest BCUT2D eigenvalue weighted by Crippen LogP contribution is 2.41. The fourth-order valence-corrected chi connectivity index (χ4v) is 13.2. The summed E-state index contributed by atoms with van der Waals surface area (Å²) in [6, 6.07) is 50.3. The molecule has 1 amide bonds. The highest BCUT2D eigenvalue weighted by Gasteiger charge is 2.33. The first-order valence-corrected chi connectivity index (χ1v) is 25.8. The number of aromatic nitrogens is 3. The molecule has 0 bridgehead atoms. The number of ether oxygens (including phenoxy) is 2. The van der Waals surface area contributed by atoms with E-state index in [2.05, 4.69) is 103 Å². The fourth-order valence-electron chi connectivity index (χ4n) is 6.66. The van der Waals surface area contributed by atoms with Crippen LogP contribution in [-0.4, -0.2) is 64.0 Å². The molecule has 9 rings (SSSR count). The molecule has 0 fully saturated rings. The minimum atomic E-state index is -0.570. The van der Waals surface area contributed by atoms with Crippen molar-refractivity contribution in [3.63, 3.8) is 0 Å². The van der Waals surface area contributed by atoms with E-state index in [1.807, 2.05) is 54.6 Å². The number of alkyl carbamates (subject to hydrolysis) is 1. The lowest BCUT2D eigenvalue weighted by Crippen LogP contribution is -2.39. The van der Waals surface area contributed by atoms with E-state index in [1.165, 1.54) is 0 Å². The predicted molar refractivity (Wildman–Crippen MR) is 270 cm³/mol. The number of carbonyl (C=O) groups is 2. The summed E-state index contributed by atoms with van der Waals surface area (Å²) in [5.41, 5.74) is 5.73. The molecule has 0 spiro atoms. The van der Waals surface area contributed by atoms with Gasteiger partial charge in [0.25, 0.3) is 0 Å². The smallest absolute Gasteiger partial charge is 0.407 e. The van der Waals surface area contributed by atoms with Gasteiger partial charge in [0, 0.05) is 60.1 Å². The SMILES string of the molecule is C=CC(=O)OCCNC(=O)OCC(CSc1ccc(-c2nc3ccccc3s2)cc1)(CSc1ccc(-c2nc3ccccc3s2)cc1)CSc1ccc(-c2nc3ccccc3s2)cc1. The Hall–Kier alpha value is -5.48. The Balaban J connectivity index is 0.961. The first-order valence-electron chi connectivity index (χ1n) is 20.3. The number of nitrogens with zero attached hydrogens (tertiary/aromatic N) is 3. The van der Waals surface area contributed by atoms with E-state index in [4.69, 9.17) is 24.4 Å². The van der Waals surface area contributed by atoms with E-state index in [1.54, 1.807) is 69.3 Å². The summed E-state index contributed by atoms with van der Waals surface area (Å²) in [4.78, 5) is 42.7. The number of nitrogens with one attached hydrogen (secondary N) is 1. The Labute approximate surface area is 395 Å². The summed E-state index contributed by atoms with van der Waals surface area (Å²) in [5, 5.41) is 5.71. The third kappa shape index (κ3) is 10.9. The Morgan fingerprint density at radius 3 is 1.28 bits per heavy atom. The van der Waals surface area contributed by atoms with Crippen molar-refractivity contribution in [1.29, 1.82) is 0 Å². The molecule has 9 aromatic rings. The van der Waals surface area contributed by atoms with Crippen molar-refractivity contribution in [2.24, 2.45) is 5.41 Å². The van der Waals surface area contributed by atoms with Gasteiger partial charge in [-0.2, -0.15) is 0 Å². The molecule has 6 aromatic carbocycles. The number of hydrogen-bond acceptors (Lipinski definition) is 13. The monoisotopic (exact) mass is 952 g/mol. The lowest BCUT2D eigenvalue weighted by atomic mass is 9.97. The molecule has 0 aliphatic heterocycles. The molecule has 0 atom stereocenters. The van der Waals surface area contributed by atoms with E-state index in [-0.39, 0.29) is 19.8 Å². The van der Waals surface area contributed by atoms with Crippen LogP contribution in [0.5, 0.6) is 0 Å². The van der Waals surface area contributed by atoms with Gasteiger partial charge in [0.05, 0.1) is 37.2 Å². The van der Waals surface area contributed by atoms with Crippen molar-refractivity contribution in [3.05, 3.63) is 158 Å². The summed E-state index contributed by atoms with van der Waals surface area (Å²) in [6.07, 6.45) is 0.525. The molecule has 3 aromatic heterocycles. The van der Waals surface area contributed by atoms with Crippen molar-refractivity contribution in [2.75, 3.05) is 37.0 Å². The standard InChI is InChI=1S/C50H40N4O4S6/c1-2-45(55)57-28-27-51-49(56)58-29-50(30-59-36-21-15-33(16-22-36)46-52-39-9-3-6-12-42(39)62-46,31-60-37-23-17-34(18-24-37)47-53-40-10-4-7-13-43(40)63-47)32-61-38-25-19-35(20-26-38)48-54-41-11-5-8-14-44(41)64-48/h2-26H,1,27-32H2,(H,51,56). The molecular formula is C50H40N4O4S6. The van der Waals surface area contributed by atoms with Gasteiger partial charge in [0.1, 0.15) is 28.2 Å². The molecule has 0 aliphatic carbocycles. The minimum absolute atomic E-state index is 0.0136. The van der Waals surface area contributed by atoms with E-state index >= 15 is 0 Å². The van der Waals surface area contributed by atoms with Crippen LogP contribution in [0.3, 0.4) is 0 Å². The van der Waals surface area contributed by atoms with Gasteiger partial charge in [-0.15, -0.1) is 69.3 Å². The topological polar surface area (TPSA) is 103 Å². The summed E-state index contributed by atoms with van der Waals surface area (Å²) in [6.45, 7) is 3.72. The van der Waals surface area contributed by atoms with Crippen molar-refractivity contribution in [3.8, 4) is 31.7 Å². The van der Waals surface area contributed by atoms with Gasteiger partial charge >= 0.3 is 12.1 Å². The third-order valence-corrected chi connectivity index (χ3v) is 17.5. The van der Waals surface area contributed by atoms with Gasteiger partial charge in [-0.05, 0) is 72.8 Å². The second-order valence-corrected chi connectivity index (χ2v) is 21.0. The maximum Gasteiger partial charge on any atom is 0.407 e. The largest absolute Gasteiger partial charge is 0.461 e. The van der Waals surface area contributed by atoms with Crippen LogP contribution in [0.4, 0.5) is 4.79 Å². The van der Waals surface area contributed by atoms with Crippen LogP contribution >= 0.6 is 69.3 Å². The molecule has 14 heteroatoms. The van der Waals surface area contributed by atoms with Crippen molar-refractivity contribution in [1.82, 2.24) is 20.3 Å². The lowest BCUT2D eigenvalue weighted by molar-refractivity contribution is -0.137. The molecule has 3 heterocycles. The number of thiazole rings is 3. The number of benzene rings is 6. The molecule has 64 heavy (non-hydrogen) atoms. The minimum Gasteiger partial charge on any atom is -0.461 e. The molecule has 8 nitrogen and oxygen atoms in total. The van der Waals surface area contributed by atoms with Crippen LogP contribution in [-0.2, 0) is 14.3 Å². The van der Waals surface area contributed by atoms with Crippen LogP contribution in [0.2, 0.25) is 0 Å². The van der Waals surface area contributed by atoms with E-state index in [0.29, 0.717) is 17.3 Å². The predicted octanol–water partition coefficient (Wildman–Crippen LogP) is 13.6. The van der Waals surface area contributed by atoms with Crippen LogP contribution in [0.15, 0.2) is 173 Å². The van der Waals surface area contributed by atoms with Crippen molar-refractivity contribution < 1.29 is 19.1 Å². The first-order chi connectivity index (χ1) is 31.4. The van der Waals surface area contributed by atoms with E-state index < -0.39 is 17.5 Å². The summed E-state index contributed by atoms with van der Waals surface area (Å²) < 4.78 is 14.6. The second kappa shape index (κ2) is 20.6.